The Morgan fingerprint density at radius 1 is 0.970 bits per heavy atom. The van der Waals surface area contributed by atoms with Crippen molar-refractivity contribution in [2.24, 2.45) is 4.99 Å². The largest absolute Gasteiger partial charge is 0.496 e. The van der Waals surface area contributed by atoms with Crippen molar-refractivity contribution >= 4 is 39.5 Å². The minimum atomic E-state index is -6.83. The van der Waals surface area contributed by atoms with Crippen LogP contribution in [0.4, 0.5) is 48.3 Å². The van der Waals surface area contributed by atoms with Crippen molar-refractivity contribution in [3.05, 3.63) is 41.1 Å². The van der Waals surface area contributed by atoms with E-state index in [4.69, 9.17) is 27.9 Å². The maximum absolute atomic E-state index is 13.7. The second-order valence-electron chi connectivity index (χ2n) is 6.07. The Labute approximate surface area is 193 Å². The molecular weight excluding hydrogens is 546 g/mol. The molecule has 2 nitrogen and oxygen atoms in total. The van der Waals surface area contributed by atoms with Gasteiger partial charge >= 0.3 is 24.5 Å². The van der Waals surface area contributed by atoms with Gasteiger partial charge in [0, 0.05) is 11.1 Å². The first kappa shape index (κ1) is 29.6. The van der Waals surface area contributed by atoms with E-state index < -0.39 is 45.5 Å². The van der Waals surface area contributed by atoms with Crippen molar-refractivity contribution in [3.8, 4) is 5.75 Å². The predicted octanol–water partition coefficient (Wildman–Crippen LogP) is 7.75. The van der Waals surface area contributed by atoms with Crippen LogP contribution < -0.4 is 4.74 Å². The second-order valence-corrected chi connectivity index (χ2v) is 8.25. The van der Waals surface area contributed by atoms with Crippen molar-refractivity contribution < 1.29 is 53.0 Å². The topological polar surface area (TPSA) is 21.6 Å². The highest BCUT2D eigenvalue weighted by molar-refractivity contribution is 8.17. The van der Waals surface area contributed by atoms with Crippen molar-refractivity contribution in [2.75, 3.05) is 13.0 Å². The molecule has 0 fully saturated rings. The van der Waals surface area contributed by atoms with Crippen LogP contribution in [0.25, 0.3) is 0 Å². The van der Waals surface area contributed by atoms with Gasteiger partial charge in [0.05, 0.1) is 7.11 Å². The van der Waals surface area contributed by atoms with E-state index >= 15 is 0 Å². The number of para-hydroxylation sites is 1. The molecule has 0 aliphatic rings. The Morgan fingerprint density at radius 2 is 1.48 bits per heavy atom. The highest BCUT2D eigenvalue weighted by Gasteiger charge is 2.66. The molecule has 1 aromatic rings. The number of hydrogen-bond acceptors (Lipinski definition) is 3. The van der Waals surface area contributed by atoms with Gasteiger partial charge in [0.2, 0.25) is 0 Å². The van der Waals surface area contributed by atoms with Crippen LogP contribution in [0.2, 0.25) is 0 Å². The summed E-state index contributed by atoms with van der Waals surface area (Å²) in [4.78, 5) is 2.24. The van der Waals surface area contributed by atoms with Gasteiger partial charge in [0.15, 0.2) is 10.1 Å². The molecule has 1 atom stereocenters. The first-order valence-corrected chi connectivity index (χ1v) is 10.1. The van der Waals surface area contributed by atoms with E-state index in [0.29, 0.717) is 11.3 Å². The summed E-state index contributed by atoms with van der Waals surface area (Å²) in [6.45, 7) is 0. The summed E-state index contributed by atoms with van der Waals surface area (Å²) in [5.41, 5.74) is -7.33. The fraction of sp³-hybridized carbons (Fsp3) is 0.471. The zero-order valence-corrected chi connectivity index (χ0v) is 18.3. The molecule has 0 saturated heterocycles. The number of benzene rings is 1. The zero-order chi connectivity index (χ0) is 25.8. The number of alkyl halides is 12. The standard InChI is InChI=1S/C17H12Cl2F11NOS/c1-32-10-5-3-2-4-8(10)6-9(7-18)33-13(19)31-12(14(20,21)17(28,29)30)11(15(22,23)24)16(25,26)27/h2-5,9H,6-7H2,1H3. The molecule has 16 heteroatoms. The van der Waals surface area contributed by atoms with Crippen LogP contribution >= 0.6 is 35.0 Å². The van der Waals surface area contributed by atoms with E-state index in [-0.39, 0.29) is 24.1 Å². The van der Waals surface area contributed by atoms with E-state index in [2.05, 4.69) is 4.99 Å². The number of hydrogen-bond donors (Lipinski definition) is 0. The lowest BCUT2D eigenvalue weighted by molar-refractivity contribution is -0.268. The van der Waals surface area contributed by atoms with Crippen LogP contribution in [-0.2, 0) is 6.42 Å². The summed E-state index contributed by atoms with van der Waals surface area (Å²) < 4.78 is 147. The van der Waals surface area contributed by atoms with Gasteiger partial charge in [-0.2, -0.15) is 48.3 Å². The number of thioether (sulfide) groups is 1. The van der Waals surface area contributed by atoms with Crippen molar-refractivity contribution in [1.29, 1.82) is 0 Å². The second kappa shape index (κ2) is 10.9. The Bertz CT molecular complexity index is 863. The zero-order valence-electron chi connectivity index (χ0n) is 16.0. The van der Waals surface area contributed by atoms with Gasteiger partial charge in [-0.3, -0.25) is 0 Å². The summed E-state index contributed by atoms with van der Waals surface area (Å²) in [6, 6.07) is 6.14. The van der Waals surface area contributed by atoms with E-state index in [1.54, 1.807) is 12.1 Å². The normalized spacial score (nSPS) is 14.8. The highest BCUT2D eigenvalue weighted by Crippen LogP contribution is 2.50. The molecule has 0 bridgehead atoms. The van der Waals surface area contributed by atoms with Crippen molar-refractivity contribution in [1.82, 2.24) is 0 Å². The van der Waals surface area contributed by atoms with Gasteiger partial charge in [0.25, 0.3) is 0 Å². The molecule has 0 saturated carbocycles. The van der Waals surface area contributed by atoms with Gasteiger partial charge in [-0.25, -0.2) is 4.99 Å². The number of methoxy groups -OCH3 is 1. The first-order valence-electron chi connectivity index (χ1n) is 8.28. The third-order valence-corrected chi connectivity index (χ3v) is 5.59. The molecule has 0 heterocycles. The van der Waals surface area contributed by atoms with Gasteiger partial charge < -0.3 is 4.74 Å². The van der Waals surface area contributed by atoms with Gasteiger partial charge in [-0.1, -0.05) is 41.6 Å². The molecule has 0 aliphatic carbocycles. The fourth-order valence-electron chi connectivity index (χ4n) is 2.34. The summed E-state index contributed by atoms with van der Waals surface area (Å²) in [5, 5.41) is -1.000. The van der Waals surface area contributed by atoms with Crippen LogP contribution in [0.5, 0.6) is 5.75 Å². The Hall–Kier alpha value is -1.41. The maximum atomic E-state index is 13.7. The van der Waals surface area contributed by atoms with E-state index in [1.807, 2.05) is 0 Å². The molecule has 1 unspecified atom stereocenters. The van der Waals surface area contributed by atoms with Gasteiger partial charge in [-0.15, -0.1) is 11.6 Å². The molecule has 0 aromatic heterocycles. The molecule has 1 aromatic carbocycles. The lowest BCUT2D eigenvalue weighted by Crippen LogP contribution is -2.42. The summed E-state index contributed by atoms with van der Waals surface area (Å²) in [6.07, 6.45) is -20.2. The maximum Gasteiger partial charge on any atom is 0.459 e. The van der Waals surface area contributed by atoms with E-state index in [9.17, 15) is 48.3 Å². The number of ether oxygens (including phenoxy) is 1. The van der Waals surface area contributed by atoms with Crippen LogP contribution in [-0.4, -0.2) is 47.2 Å². The van der Waals surface area contributed by atoms with E-state index in [0.717, 1.165) is 0 Å². The molecule has 0 aliphatic heterocycles. The first-order chi connectivity index (χ1) is 14.9. The molecule has 0 amide bonds. The molecule has 0 radical (unpaired) electrons. The van der Waals surface area contributed by atoms with E-state index in [1.165, 1.54) is 19.2 Å². The molecule has 33 heavy (non-hydrogen) atoms. The number of allylic oxidation sites excluding steroid dienone is 2. The molecular formula is C17H12Cl2F11NOS. The Kier molecular flexibility index (Phi) is 9.78. The SMILES string of the molecule is COc1ccccc1CC(CCl)SC(Cl)=NC(=C(C(F)(F)F)C(F)(F)F)C(F)(F)C(F)(F)F. The average Bonchev–Trinajstić information content (AvgIpc) is 2.64. The third-order valence-electron chi connectivity index (χ3n) is 3.73. The van der Waals surface area contributed by atoms with Crippen LogP contribution in [0.1, 0.15) is 5.56 Å². The van der Waals surface area contributed by atoms with Gasteiger partial charge in [-0.05, 0) is 18.1 Å². The molecule has 0 spiro atoms. The van der Waals surface area contributed by atoms with Crippen molar-refractivity contribution in [2.45, 2.75) is 36.1 Å². The lowest BCUT2D eigenvalue weighted by Gasteiger charge is -2.25. The number of nitrogens with zero attached hydrogens (tertiary/aromatic N) is 1. The summed E-state index contributed by atoms with van der Waals surface area (Å²) >= 11 is 11.2. The number of rotatable bonds is 7. The minimum absolute atomic E-state index is 0.0932. The Morgan fingerprint density at radius 3 is 1.91 bits per heavy atom. The Balaban J connectivity index is 3.54. The smallest absolute Gasteiger partial charge is 0.459 e. The summed E-state index contributed by atoms with van der Waals surface area (Å²) in [7, 11) is 1.29. The highest BCUT2D eigenvalue weighted by atomic mass is 35.5. The molecule has 188 valence electrons. The van der Waals surface area contributed by atoms with Crippen LogP contribution in [0, 0.1) is 0 Å². The average molecular weight is 558 g/mol. The lowest BCUT2D eigenvalue weighted by atomic mass is 10.1. The van der Waals surface area contributed by atoms with Crippen molar-refractivity contribution in [3.63, 3.8) is 0 Å². The molecule has 1 rings (SSSR count). The van der Waals surface area contributed by atoms with Crippen LogP contribution in [0.15, 0.2) is 40.5 Å². The third kappa shape index (κ3) is 7.81. The monoisotopic (exact) mass is 557 g/mol. The molecule has 0 N–H and O–H groups in total. The van der Waals surface area contributed by atoms with Gasteiger partial charge in [0.1, 0.15) is 11.4 Å². The number of halogens is 13. The predicted molar refractivity (Wildman–Crippen MR) is 102 cm³/mol. The fourth-order valence-corrected chi connectivity index (χ4v) is 3.85. The van der Waals surface area contributed by atoms with Crippen LogP contribution in [0.3, 0.4) is 0 Å². The quantitative estimate of drug-likeness (QED) is 0.148. The summed E-state index contributed by atoms with van der Waals surface area (Å²) in [5.74, 6) is -6.70. The number of aliphatic imine (C=N–C) groups is 1. The minimum Gasteiger partial charge on any atom is -0.496 e.